The second kappa shape index (κ2) is 10.2. The quantitative estimate of drug-likeness (QED) is 0.263. The zero-order valence-corrected chi connectivity index (χ0v) is 20.2. The van der Waals surface area contributed by atoms with Crippen LogP contribution in [0.5, 0.6) is 0 Å². The van der Waals surface area contributed by atoms with Crippen LogP contribution in [0.15, 0.2) is 97.5 Å². The smallest absolute Gasteiger partial charge is 0.255 e. The van der Waals surface area contributed by atoms with E-state index in [0.29, 0.717) is 16.8 Å². The molecular formula is C28H21N6OP. The van der Waals surface area contributed by atoms with Gasteiger partial charge < -0.3 is 16.0 Å². The number of hydrogen-bond acceptors (Lipinski definition) is 6. The number of rotatable bonds is 6. The molecule has 2 aromatic heterocycles. The summed E-state index contributed by atoms with van der Waals surface area (Å²) in [5, 5.41) is 20.7. The minimum Gasteiger partial charge on any atom is -0.355 e. The van der Waals surface area contributed by atoms with E-state index in [4.69, 9.17) is 0 Å². The van der Waals surface area contributed by atoms with E-state index < -0.39 is 0 Å². The van der Waals surface area contributed by atoms with Gasteiger partial charge in [0.15, 0.2) is 0 Å². The van der Waals surface area contributed by atoms with Gasteiger partial charge in [-0.2, -0.15) is 5.26 Å². The highest BCUT2D eigenvalue weighted by Crippen LogP contribution is 2.26. The van der Waals surface area contributed by atoms with Gasteiger partial charge in [-0.3, -0.25) is 14.8 Å². The van der Waals surface area contributed by atoms with Crippen molar-refractivity contribution in [2.24, 2.45) is 0 Å². The van der Waals surface area contributed by atoms with Gasteiger partial charge in [0.05, 0.1) is 17.1 Å². The van der Waals surface area contributed by atoms with E-state index in [0.717, 1.165) is 39.0 Å². The molecule has 5 aromatic rings. The lowest BCUT2D eigenvalue weighted by Gasteiger charge is -2.12. The second-order valence-corrected chi connectivity index (χ2v) is 8.73. The molecule has 3 N–H and O–H groups in total. The number of aromatic nitrogens is 2. The van der Waals surface area contributed by atoms with Crippen molar-refractivity contribution in [3.63, 3.8) is 0 Å². The fourth-order valence-corrected chi connectivity index (χ4v) is 4.15. The van der Waals surface area contributed by atoms with Crippen LogP contribution in [0.3, 0.4) is 0 Å². The highest BCUT2D eigenvalue weighted by atomic mass is 31.0. The fourth-order valence-electron chi connectivity index (χ4n) is 3.79. The Bertz CT molecular complexity index is 1600. The lowest BCUT2D eigenvalue weighted by Crippen LogP contribution is -2.13. The van der Waals surface area contributed by atoms with E-state index in [-0.39, 0.29) is 5.91 Å². The van der Waals surface area contributed by atoms with E-state index in [2.05, 4.69) is 41.2 Å². The maximum absolute atomic E-state index is 12.9. The molecule has 0 radical (unpaired) electrons. The molecule has 36 heavy (non-hydrogen) atoms. The van der Waals surface area contributed by atoms with Crippen molar-refractivity contribution >= 4 is 59.8 Å². The van der Waals surface area contributed by atoms with Gasteiger partial charge >= 0.3 is 0 Å². The van der Waals surface area contributed by atoms with Gasteiger partial charge in [-0.05, 0) is 84.2 Å². The largest absolute Gasteiger partial charge is 0.355 e. The first-order valence-electron chi connectivity index (χ1n) is 11.1. The third-order valence-electron chi connectivity index (χ3n) is 5.48. The summed E-state index contributed by atoms with van der Waals surface area (Å²) in [6, 6.07) is 26.1. The molecule has 0 fully saturated rings. The van der Waals surface area contributed by atoms with Gasteiger partial charge in [-0.1, -0.05) is 0 Å². The monoisotopic (exact) mass is 488 g/mol. The molecular weight excluding hydrogens is 467 g/mol. The summed E-state index contributed by atoms with van der Waals surface area (Å²) in [5.74, 6) is -0.208. The van der Waals surface area contributed by atoms with Crippen LogP contribution in [0.1, 0.15) is 15.9 Å². The topological polar surface area (TPSA) is 103 Å². The molecule has 0 aliphatic carbocycles. The van der Waals surface area contributed by atoms with Crippen LogP contribution >= 0.6 is 9.24 Å². The Morgan fingerprint density at radius 3 is 2.31 bits per heavy atom. The second-order valence-electron chi connectivity index (χ2n) is 8.06. The predicted octanol–water partition coefficient (Wildman–Crippen LogP) is 5.74. The van der Waals surface area contributed by atoms with Crippen molar-refractivity contribution in [1.82, 2.24) is 9.97 Å². The molecule has 0 bridgehead atoms. The molecule has 1 amide bonds. The van der Waals surface area contributed by atoms with Crippen LogP contribution in [0.25, 0.3) is 10.9 Å². The van der Waals surface area contributed by atoms with Crippen molar-refractivity contribution in [2.75, 3.05) is 16.0 Å². The number of hydrogen-bond donors (Lipinski definition) is 3. The van der Waals surface area contributed by atoms with Crippen LogP contribution in [-0.4, -0.2) is 15.9 Å². The summed E-state index contributed by atoms with van der Waals surface area (Å²) >= 11 is 0. The summed E-state index contributed by atoms with van der Waals surface area (Å²) in [7, 11) is 2.66. The van der Waals surface area contributed by atoms with Crippen molar-refractivity contribution in [1.29, 1.82) is 5.26 Å². The average Bonchev–Trinajstić information content (AvgIpc) is 2.89. The maximum atomic E-state index is 12.9. The number of nitriles is 1. The van der Waals surface area contributed by atoms with Gasteiger partial charge in [0.1, 0.15) is 0 Å². The molecule has 3 aromatic carbocycles. The number of carbonyl (C=O) groups excluding carboxylic acids is 1. The minimum absolute atomic E-state index is 0.208. The Labute approximate surface area is 210 Å². The van der Waals surface area contributed by atoms with Gasteiger partial charge in [-0.15, -0.1) is 9.24 Å². The Hall–Kier alpha value is -4.79. The molecule has 174 valence electrons. The predicted molar refractivity (Wildman–Crippen MR) is 147 cm³/mol. The first-order valence-corrected chi connectivity index (χ1v) is 11.7. The number of benzene rings is 3. The van der Waals surface area contributed by atoms with Gasteiger partial charge in [0, 0.05) is 58.0 Å². The van der Waals surface area contributed by atoms with Crippen molar-refractivity contribution in [2.45, 2.75) is 0 Å². The van der Waals surface area contributed by atoms with Crippen LogP contribution in [0.2, 0.25) is 0 Å². The van der Waals surface area contributed by atoms with E-state index in [1.165, 1.54) is 0 Å². The molecule has 0 aliphatic rings. The molecule has 5 rings (SSSR count). The molecule has 1 atom stereocenters. The lowest BCUT2D eigenvalue weighted by molar-refractivity contribution is 0.102. The molecule has 2 heterocycles. The standard InChI is InChI=1S/C28H21N6OP/c29-17-18-1-6-26-25(13-18)27(9-12-31-26)33-20-4-2-19(3-5-20)28(35)34-23-14-22(15-24(36)16-23)32-21-7-10-30-11-8-21/h1-16H,36H2,(H,30,32)(H,31,33)(H,34,35). The number of nitrogens with one attached hydrogen (secondary N) is 3. The number of carbonyl (C=O) groups is 1. The van der Waals surface area contributed by atoms with Crippen LogP contribution in [0.4, 0.5) is 28.4 Å². The summed E-state index contributed by atoms with van der Waals surface area (Å²) in [6.07, 6.45) is 5.15. The van der Waals surface area contributed by atoms with E-state index in [1.807, 2.05) is 60.7 Å². The number of fused-ring (bicyclic) bond motifs is 1. The number of anilines is 5. The first kappa shape index (κ1) is 23.0. The first-order chi connectivity index (χ1) is 17.6. The summed E-state index contributed by atoms with van der Waals surface area (Å²) < 4.78 is 0. The van der Waals surface area contributed by atoms with Crippen molar-refractivity contribution in [3.8, 4) is 6.07 Å². The molecule has 0 spiro atoms. The summed E-state index contributed by atoms with van der Waals surface area (Å²) in [4.78, 5) is 21.3. The maximum Gasteiger partial charge on any atom is 0.255 e. The van der Waals surface area contributed by atoms with Crippen molar-refractivity contribution in [3.05, 3.63) is 109 Å². The van der Waals surface area contributed by atoms with E-state index in [9.17, 15) is 10.1 Å². The highest BCUT2D eigenvalue weighted by molar-refractivity contribution is 7.27. The molecule has 0 saturated carbocycles. The molecule has 8 heteroatoms. The van der Waals surface area contributed by atoms with Gasteiger partial charge in [0.2, 0.25) is 0 Å². The third-order valence-corrected chi connectivity index (χ3v) is 5.81. The Morgan fingerprint density at radius 2 is 1.53 bits per heavy atom. The molecule has 0 saturated heterocycles. The average molecular weight is 488 g/mol. The normalized spacial score (nSPS) is 10.4. The number of pyridine rings is 2. The van der Waals surface area contributed by atoms with Crippen LogP contribution < -0.4 is 21.3 Å². The SMILES string of the molecule is N#Cc1ccc2nccc(Nc3ccc(C(=O)Nc4cc(P)cc(Nc5ccncc5)c4)cc3)c2c1. The van der Waals surface area contributed by atoms with Crippen LogP contribution in [-0.2, 0) is 0 Å². The van der Waals surface area contributed by atoms with E-state index in [1.54, 1.807) is 36.8 Å². The summed E-state index contributed by atoms with van der Waals surface area (Å²) in [6.45, 7) is 0. The Morgan fingerprint density at radius 1 is 0.778 bits per heavy atom. The Kier molecular flexibility index (Phi) is 6.53. The molecule has 7 nitrogen and oxygen atoms in total. The fraction of sp³-hybridized carbons (Fsp3) is 0. The Balaban J connectivity index is 1.30. The van der Waals surface area contributed by atoms with Crippen LogP contribution in [0, 0.1) is 11.3 Å². The minimum atomic E-state index is -0.208. The highest BCUT2D eigenvalue weighted by Gasteiger charge is 2.09. The van der Waals surface area contributed by atoms with E-state index >= 15 is 0 Å². The zero-order valence-electron chi connectivity index (χ0n) is 19.1. The molecule has 0 aliphatic heterocycles. The molecule has 1 unspecified atom stereocenters. The number of amides is 1. The third kappa shape index (κ3) is 5.30. The lowest BCUT2D eigenvalue weighted by atomic mass is 10.1. The van der Waals surface area contributed by atoms with Gasteiger partial charge in [-0.25, -0.2) is 0 Å². The van der Waals surface area contributed by atoms with Crippen molar-refractivity contribution < 1.29 is 4.79 Å². The number of nitrogens with zero attached hydrogens (tertiary/aromatic N) is 3. The van der Waals surface area contributed by atoms with Gasteiger partial charge in [0.25, 0.3) is 5.91 Å². The summed E-state index contributed by atoms with van der Waals surface area (Å²) in [5.41, 5.74) is 5.99. The zero-order chi connectivity index (χ0) is 24.9.